The molecule has 0 radical (unpaired) electrons. The summed E-state index contributed by atoms with van der Waals surface area (Å²) in [7, 11) is 0. The number of hydrogen-bond donors (Lipinski definition) is 1. The summed E-state index contributed by atoms with van der Waals surface area (Å²) in [5, 5.41) is 0. The minimum atomic E-state index is -0.585. The number of primary amides is 1. The second kappa shape index (κ2) is 5.90. The highest BCUT2D eigenvalue weighted by molar-refractivity contribution is 5.91. The van der Waals surface area contributed by atoms with Gasteiger partial charge in [0.05, 0.1) is 11.6 Å². The molecule has 0 unspecified atom stereocenters. The molecule has 1 aromatic carbocycles. The number of urea groups is 1. The molecule has 1 heterocycles. The number of esters is 1. The van der Waals surface area contributed by atoms with Crippen molar-refractivity contribution in [1.82, 2.24) is 4.90 Å². The van der Waals surface area contributed by atoms with E-state index in [9.17, 15) is 14.0 Å². The van der Waals surface area contributed by atoms with E-state index in [2.05, 4.69) is 0 Å². The maximum Gasteiger partial charge on any atom is 0.338 e. The number of ether oxygens (including phenoxy) is 1. The van der Waals surface area contributed by atoms with E-state index in [1.165, 1.54) is 17.0 Å². The fourth-order valence-corrected chi connectivity index (χ4v) is 2.36. The molecule has 2 N–H and O–H groups in total. The highest BCUT2D eigenvalue weighted by atomic mass is 19.1. The molecule has 1 aliphatic heterocycles. The van der Waals surface area contributed by atoms with Crippen LogP contribution in [0.25, 0.3) is 0 Å². The van der Waals surface area contributed by atoms with Gasteiger partial charge in [-0.15, -0.1) is 0 Å². The third-order valence-electron chi connectivity index (χ3n) is 3.49. The van der Waals surface area contributed by atoms with Crippen LogP contribution in [-0.2, 0) is 4.74 Å². The standard InChI is InChI=1S/C14H17FN2O3/c1-9-4-5-10(15)7-12(9)13(18)20-8-11-3-2-6-17(11)14(16)19/h4-5,7,11H,2-3,6,8H2,1H3,(H2,16,19)/t11-/m1/s1. The summed E-state index contributed by atoms with van der Waals surface area (Å²) in [6, 6.07) is 3.27. The molecule has 1 aromatic rings. The highest BCUT2D eigenvalue weighted by Gasteiger charge is 2.28. The van der Waals surface area contributed by atoms with Crippen molar-refractivity contribution in [3.8, 4) is 0 Å². The van der Waals surface area contributed by atoms with Gasteiger partial charge in [0.25, 0.3) is 0 Å². The number of nitrogens with two attached hydrogens (primary N) is 1. The summed E-state index contributed by atoms with van der Waals surface area (Å²) in [5.41, 5.74) is 6.10. The average molecular weight is 280 g/mol. The fourth-order valence-electron chi connectivity index (χ4n) is 2.36. The van der Waals surface area contributed by atoms with Crippen LogP contribution in [0, 0.1) is 12.7 Å². The van der Waals surface area contributed by atoms with E-state index in [0.29, 0.717) is 12.1 Å². The first-order valence-electron chi connectivity index (χ1n) is 6.48. The first kappa shape index (κ1) is 14.3. The SMILES string of the molecule is Cc1ccc(F)cc1C(=O)OC[C@H]1CCCN1C(N)=O. The molecular formula is C14H17FN2O3. The second-order valence-electron chi connectivity index (χ2n) is 4.89. The van der Waals surface area contributed by atoms with Crippen LogP contribution in [0.4, 0.5) is 9.18 Å². The molecule has 0 aliphatic carbocycles. The van der Waals surface area contributed by atoms with Crippen molar-refractivity contribution >= 4 is 12.0 Å². The van der Waals surface area contributed by atoms with E-state index < -0.39 is 17.8 Å². The smallest absolute Gasteiger partial charge is 0.338 e. The van der Waals surface area contributed by atoms with Crippen molar-refractivity contribution in [2.75, 3.05) is 13.2 Å². The van der Waals surface area contributed by atoms with Crippen molar-refractivity contribution in [2.45, 2.75) is 25.8 Å². The van der Waals surface area contributed by atoms with E-state index in [1.807, 2.05) is 0 Å². The Morgan fingerprint density at radius 3 is 2.95 bits per heavy atom. The summed E-state index contributed by atoms with van der Waals surface area (Å²) >= 11 is 0. The normalized spacial score (nSPS) is 18.1. The van der Waals surface area contributed by atoms with E-state index in [0.717, 1.165) is 18.9 Å². The van der Waals surface area contributed by atoms with E-state index in [4.69, 9.17) is 10.5 Å². The average Bonchev–Trinajstić information content (AvgIpc) is 2.87. The lowest BCUT2D eigenvalue weighted by Gasteiger charge is -2.22. The van der Waals surface area contributed by atoms with Gasteiger partial charge in [-0.2, -0.15) is 0 Å². The summed E-state index contributed by atoms with van der Waals surface area (Å²) < 4.78 is 18.3. The van der Waals surface area contributed by atoms with Crippen molar-refractivity contribution in [3.05, 3.63) is 35.1 Å². The summed E-state index contributed by atoms with van der Waals surface area (Å²) in [6.45, 7) is 2.37. The Kier molecular flexibility index (Phi) is 4.22. The lowest BCUT2D eigenvalue weighted by Crippen LogP contribution is -2.42. The number of aryl methyl sites for hydroxylation is 1. The molecule has 1 atom stereocenters. The number of rotatable bonds is 3. The van der Waals surface area contributed by atoms with Gasteiger partial charge in [-0.25, -0.2) is 14.0 Å². The molecule has 108 valence electrons. The van der Waals surface area contributed by atoms with Crippen molar-refractivity contribution < 1.29 is 18.7 Å². The number of carbonyl (C=O) groups excluding carboxylic acids is 2. The molecule has 1 saturated heterocycles. The molecule has 6 heteroatoms. The molecule has 0 aromatic heterocycles. The Hall–Kier alpha value is -2.11. The minimum absolute atomic E-state index is 0.0811. The van der Waals surface area contributed by atoms with Crippen molar-refractivity contribution in [1.29, 1.82) is 0 Å². The van der Waals surface area contributed by atoms with Crippen LogP contribution >= 0.6 is 0 Å². The van der Waals surface area contributed by atoms with Crippen LogP contribution in [0.1, 0.15) is 28.8 Å². The molecule has 2 amide bonds. The van der Waals surface area contributed by atoms with Gasteiger partial charge in [-0.3, -0.25) is 0 Å². The monoisotopic (exact) mass is 280 g/mol. The number of hydrogen-bond acceptors (Lipinski definition) is 3. The minimum Gasteiger partial charge on any atom is -0.460 e. The van der Waals surface area contributed by atoms with Gasteiger partial charge in [0.15, 0.2) is 0 Å². The van der Waals surface area contributed by atoms with Crippen LogP contribution in [0.5, 0.6) is 0 Å². The topological polar surface area (TPSA) is 72.6 Å². The third-order valence-corrected chi connectivity index (χ3v) is 3.49. The lowest BCUT2D eigenvalue weighted by atomic mass is 10.1. The quantitative estimate of drug-likeness (QED) is 0.858. The molecule has 0 spiro atoms. The zero-order valence-electron chi connectivity index (χ0n) is 11.3. The predicted molar refractivity (Wildman–Crippen MR) is 70.7 cm³/mol. The molecule has 20 heavy (non-hydrogen) atoms. The summed E-state index contributed by atoms with van der Waals surface area (Å²) in [5.74, 6) is -1.07. The fraction of sp³-hybridized carbons (Fsp3) is 0.429. The number of carbonyl (C=O) groups is 2. The van der Waals surface area contributed by atoms with Gasteiger partial charge in [0.1, 0.15) is 12.4 Å². The molecular weight excluding hydrogens is 263 g/mol. The van der Waals surface area contributed by atoms with Gasteiger partial charge < -0.3 is 15.4 Å². The van der Waals surface area contributed by atoms with Crippen LogP contribution in [-0.4, -0.2) is 36.1 Å². The number of amides is 2. The van der Waals surface area contributed by atoms with E-state index in [-0.39, 0.29) is 18.2 Å². The first-order valence-corrected chi connectivity index (χ1v) is 6.48. The molecule has 0 bridgehead atoms. The van der Waals surface area contributed by atoms with Crippen molar-refractivity contribution in [3.63, 3.8) is 0 Å². The zero-order chi connectivity index (χ0) is 14.7. The molecule has 5 nitrogen and oxygen atoms in total. The molecule has 1 aliphatic rings. The van der Waals surface area contributed by atoms with E-state index in [1.54, 1.807) is 6.92 Å². The molecule has 0 saturated carbocycles. The maximum atomic E-state index is 13.1. The lowest BCUT2D eigenvalue weighted by molar-refractivity contribution is 0.0421. The molecule has 2 rings (SSSR count). The Bertz CT molecular complexity index is 533. The van der Waals surface area contributed by atoms with Gasteiger partial charge >= 0.3 is 12.0 Å². The maximum absolute atomic E-state index is 13.1. The van der Waals surface area contributed by atoms with Crippen molar-refractivity contribution in [2.24, 2.45) is 5.73 Å². The zero-order valence-corrected chi connectivity index (χ0v) is 11.3. The van der Waals surface area contributed by atoms with Crippen LogP contribution in [0.15, 0.2) is 18.2 Å². The largest absolute Gasteiger partial charge is 0.460 e. The Balaban J connectivity index is 1.98. The Morgan fingerprint density at radius 1 is 1.50 bits per heavy atom. The third kappa shape index (κ3) is 3.07. The summed E-state index contributed by atoms with van der Waals surface area (Å²) in [4.78, 5) is 24.6. The predicted octanol–water partition coefficient (Wildman–Crippen LogP) is 1.83. The molecule has 1 fully saturated rings. The highest BCUT2D eigenvalue weighted by Crippen LogP contribution is 2.18. The number of halogens is 1. The van der Waals surface area contributed by atoms with Crippen LogP contribution < -0.4 is 5.73 Å². The number of nitrogens with zero attached hydrogens (tertiary/aromatic N) is 1. The Labute approximate surface area is 116 Å². The van der Waals surface area contributed by atoms with Gasteiger partial charge in [-0.05, 0) is 37.5 Å². The number of likely N-dealkylation sites (tertiary alicyclic amines) is 1. The Morgan fingerprint density at radius 2 is 2.25 bits per heavy atom. The van der Waals surface area contributed by atoms with Gasteiger partial charge in [0.2, 0.25) is 0 Å². The van der Waals surface area contributed by atoms with Gasteiger partial charge in [0, 0.05) is 6.54 Å². The van der Waals surface area contributed by atoms with Crippen LogP contribution in [0.2, 0.25) is 0 Å². The van der Waals surface area contributed by atoms with Gasteiger partial charge in [-0.1, -0.05) is 6.07 Å². The second-order valence-corrected chi connectivity index (χ2v) is 4.89. The number of benzene rings is 1. The summed E-state index contributed by atoms with van der Waals surface area (Å²) in [6.07, 6.45) is 1.59. The first-order chi connectivity index (χ1) is 9.49. The van der Waals surface area contributed by atoms with Crippen LogP contribution in [0.3, 0.4) is 0 Å². The van der Waals surface area contributed by atoms with E-state index >= 15 is 0 Å².